The molecule has 2 nitrogen and oxygen atoms in total. The number of benzene rings is 1. The molecule has 0 amide bonds. The minimum absolute atomic E-state index is 0.483. The molecule has 3 heteroatoms. The maximum Gasteiger partial charge on any atom is 0.103 e. The lowest BCUT2D eigenvalue weighted by atomic mass is 9.88. The quantitative estimate of drug-likeness (QED) is 0.640. The molecule has 1 aromatic rings. The number of hydrogen-bond donors (Lipinski definition) is 1. The molecule has 0 unspecified atom stereocenters. The van der Waals surface area contributed by atoms with Crippen LogP contribution >= 0.6 is 15.9 Å². The van der Waals surface area contributed by atoms with Crippen LogP contribution in [0, 0.1) is 12.8 Å². The van der Waals surface area contributed by atoms with Crippen molar-refractivity contribution in [3.05, 3.63) is 28.2 Å². The van der Waals surface area contributed by atoms with Gasteiger partial charge in [0.2, 0.25) is 0 Å². The zero-order valence-electron chi connectivity index (χ0n) is 10.2. The lowest BCUT2D eigenvalue weighted by molar-refractivity contribution is 0.437. The topological polar surface area (TPSA) is 38.4 Å². The molecule has 0 aromatic heterocycles. The van der Waals surface area contributed by atoms with Crippen molar-refractivity contribution >= 4 is 27.5 Å². The van der Waals surface area contributed by atoms with Crippen molar-refractivity contribution in [2.24, 2.45) is 16.6 Å². The molecule has 17 heavy (non-hydrogen) atoms. The first kappa shape index (κ1) is 12.6. The van der Waals surface area contributed by atoms with Crippen LogP contribution in [0.1, 0.15) is 37.7 Å². The second kappa shape index (κ2) is 5.67. The molecule has 0 spiro atoms. The van der Waals surface area contributed by atoms with Crippen LogP contribution < -0.4 is 5.73 Å². The van der Waals surface area contributed by atoms with E-state index in [1.807, 2.05) is 12.1 Å². The largest absolute Gasteiger partial charge is 0.387 e. The van der Waals surface area contributed by atoms with Gasteiger partial charge in [0, 0.05) is 10.4 Å². The van der Waals surface area contributed by atoms with Gasteiger partial charge in [0.05, 0.1) is 5.69 Å². The van der Waals surface area contributed by atoms with Crippen molar-refractivity contribution in [2.75, 3.05) is 0 Å². The van der Waals surface area contributed by atoms with Crippen LogP contribution in [0.15, 0.2) is 27.7 Å². The number of amidine groups is 1. The lowest BCUT2D eigenvalue weighted by Gasteiger charge is -2.21. The predicted molar refractivity (Wildman–Crippen MR) is 76.7 cm³/mol. The highest BCUT2D eigenvalue weighted by molar-refractivity contribution is 9.10. The van der Waals surface area contributed by atoms with Crippen molar-refractivity contribution in [1.29, 1.82) is 0 Å². The zero-order chi connectivity index (χ0) is 12.3. The van der Waals surface area contributed by atoms with Gasteiger partial charge in [0.25, 0.3) is 0 Å². The highest BCUT2D eigenvalue weighted by Gasteiger charge is 2.17. The summed E-state index contributed by atoms with van der Waals surface area (Å²) in [6.45, 7) is 2.07. The number of aryl methyl sites for hydroxylation is 1. The van der Waals surface area contributed by atoms with Gasteiger partial charge < -0.3 is 5.73 Å². The van der Waals surface area contributed by atoms with Gasteiger partial charge in [-0.1, -0.05) is 31.4 Å². The Morgan fingerprint density at radius 2 is 2.00 bits per heavy atom. The van der Waals surface area contributed by atoms with E-state index in [1.54, 1.807) is 0 Å². The molecular weight excluding hydrogens is 276 g/mol. The summed E-state index contributed by atoms with van der Waals surface area (Å²) >= 11 is 3.57. The van der Waals surface area contributed by atoms with E-state index in [4.69, 9.17) is 5.73 Å². The van der Waals surface area contributed by atoms with Gasteiger partial charge in [-0.3, -0.25) is 0 Å². The summed E-state index contributed by atoms with van der Waals surface area (Å²) in [5.74, 6) is 1.28. The van der Waals surface area contributed by atoms with Crippen LogP contribution in [0.2, 0.25) is 0 Å². The summed E-state index contributed by atoms with van der Waals surface area (Å²) in [5.41, 5.74) is 8.28. The van der Waals surface area contributed by atoms with E-state index in [1.165, 1.54) is 37.7 Å². The third kappa shape index (κ3) is 3.09. The van der Waals surface area contributed by atoms with Gasteiger partial charge in [0.1, 0.15) is 5.84 Å². The van der Waals surface area contributed by atoms with Crippen molar-refractivity contribution < 1.29 is 0 Å². The van der Waals surface area contributed by atoms with Crippen molar-refractivity contribution in [3.63, 3.8) is 0 Å². The van der Waals surface area contributed by atoms with Crippen molar-refractivity contribution in [2.45, 2.75) is 39.0 Å². The number of halogens is 1. The minimum atomic E-state index is 0.483. The van der Waals surface area contributed by atoms with E-state index < -0.39 is 0 Å². The fourth-order valence-corrected chi connectivity index (χ4v) is 2.70. The van der Waals surface area contributed by atoms with E-state index >= 15 is 0 Å². The van der Waals surface area contributed by atoms with E-state index in [-0.39, 0.29) is 0 Å². The molecule has 1 fully saturated rings. The van der Waals surface area contributed by atoms with Crippen LogP contribution in [0.25, 0.3) is 0 Å². The van der Waals surface area contributed by atoms with Gasteiger partial charge in [-0.2, -0.15) is 0 Å². The fourth-order valence-electron chi connectivity index (χ4n) is 2.35. The highest BCUT2D eigenvalue weighted by atomic mass is 79.9. The smallest absolute Gasteiger partial charge is 0.103 e. The van der Waals surface area contributed by atoms with Gasteiger partial charge in [-0.05, 0) is 47.3 Å². The Balaban J connectivity index is 2.19. The standard InChI is InChI=1S/C14H19BrN2/c1-10-6-5-9-12(13(10)15)17-14(16)11-7-3-2-4-8-11/h5-6,9,11H,2-4,7-8H2,1H3,(H2,16,17). The second-order valence-corrected chi connectivity index (χ2v) is 5.57. The molecule has 0 bridgehead atoms. The Labute approximate surface area is 111 Å². The number of hydrogen-bond acceptors (Lipinski definition) is 1. The summed E-state index contributed by atoms with van der Waals surface area (Å²) in [6.07, 6.45) is 6.31. The van der Waals surface area contributed by atoms with E-state index in [0.29, 0.717) is 5.92 Å². The van der Waals surface area contributed by atoms with Crippen LogP contribution in [0.4, 0.5) is 5.69 Å². The molecule has 1 saturated carbocycles. The molecule has 2 N–H and O–H groups in total. The number of rotatable bonds is 2. The summed E-state index contributed by atoms with van der Waals surface area (Å²) in [7, 11) is 0. The van der Waals surface area contributed by atoms with E-state index in [0.717, 1.165) is 16.0 Å². The maximum atomic E-state index is 6.13. The molecule has 0 radical (unpaired) electrons. The Morgan fingerprint density at radius 3 is 2.71 bits per heavy atom. The molecule has 2 rings (SSSR count). The van der Waals surface area contributed by atoms with Crippen LogP contribution in [0.3, 0.4) is 0 Å². The molecule has 1 aliphatic rings. The van der Waals surface area contributed by atoms with Gasteiger partial charge >= 0.3 is 0 Å². The Bertz CT molecular complexity index is 420. The average molecular weight is 295 g/mol. The molecule has 0 heterocycles. The summed E-state index contributed by atoms with van der Waals surface area (Å²) < 4.78 is 1.05. The Hall–Kier alpha value is -0.830. The third-order valence-corrected chi connectivity index (χ3v) is 4.48. The van der Waals surface area contributed by atoms with Crippen LogP contribution in [0.5, 0.6) is 0 Å². The monoisotopic (exact) mass is 294 g/mol. The van der Waals surface area contributed by atoms with Gasteiger partial charge in [-0.25, -0.2) is 4.99 Å². The SMILES string of the molecule is Cc1cccc(N=C(N)C2CCCCC2)c1Br. The first-order chi connectivity index (χ1) is 8.18. The number of nitrogens with two attached hydrogens (primary N) is 1. The zero-order valence-corrected chi connectivity index (χ0v) is 11.8. The molecule has 0 aliphatic heterocycles. The molecule has 1 aliphatic carbocycles. The first-order valence-electron chi connectivity index (χ1n) is 6.27. The molecule has 1 aromatic carbocycles. The van der Waals surface area contributed by atoms with E-state index in [2.05, 4.69) is 33.9 Å². The number of nitrogens with zero attached hydrogens (tertiary/aromatic N) is 1. The first-order valence-corrected chi connectivity index (χ1v) is 7.07. The van der Waals surface area contributed by atoms with Crippen molar-refractivity contribution in [3.8, 4) is 0 Å². The number of aliphatic imine (C=N–C) groups is 1. The molecule has 0 atom stereocenters. The Morgan fingerprint density at radius 1 is 1.29 bits per heavy atom. The maximum absolute atomic E-state index is 6.13. The molecule has 92 valence electrons. The second-order valence-electron chi connectivity index (χ2n) is 4.78. The molecule has 0 saturated heterocycles. The van der Waals surface area contributed by atoms with Crippen LogP contribution in [-0.2, 0) is 0 Å². The van der Waals surface area contributed by atoms with Gasteiger partial charge in [-0.15, -0.1) is 0 Å². The Kier molecular flexibility index (Phi) is 4.21. The molecular formula is C14H19BrN2. The fraction of sp³-hybridized carbons (Fsp3) is 0.500. The van der Waals surface area contributed by atoms with Crippen LogP contribution in [-0.4, -0.2) is 5.84 Å². The normalized spacial score (nSPS) is 18.4. The predicted octanol–water partition coefficient (Wildman–Crippen LogP) is 4.33. The summed E-state index contributed by atoms with van der Waals surface area (Å²) in [6, 6.07) is 6.10. The summed E-state index contributed by atoms with van der Waals surface area (Å²) in [4.78, 5) is 4.59. The lowest BCUT2D eigenvalue weighted by Crippen LogP contribution is -2.25. The average Bonchev–Trinajstić information content (AvgIpc) is 2.36. The van der Waals surface area contributed by atoms with Gasteiger partial charge in [0.15, 0.2) is 0 Å². The summed E-state index contributed by atoms with van der Waals surface area (Å²) in [5, 5.41) is 0. The minimum Gasteiger partial charge on any atom is -0.387 e. The highest BCUT2D eigenvalue weighted by Crippen LogP contribution is 2.30. The third-order valence-electron chi connectivity index (χ3n) is 3.44. The van der Waals surface area contributed by atoms with Crippen molar-refractivity contribution in [1.82, 2.24) is 0 Å². The van der Waals surface area contributed by atoms with E-state index in [9.17, 15) is 0 Å².